The Morgan fingerprint density at radius 3 is 3.20 bits per heavy atom. The molecule has 1 fully saturated rings. The van der Waals surface area contributed by atoms with Gasteiger partial charge in [-0.3, -0.25) is 5.10 Å². The highest BCUT2D eigenvalue weighted by atomic mass is 16.5. The maximum atomic E-state index is 5.81. The number of piperazine rings is 1. The van der Waals surface area contributed by atoms with Gasteiger partial charge in [-0.2, -0.15) is 5.10 Å². The molecule has 1 unspecified atom stereocenters. The van der Waals surface area contributed by atoms with Gasteiger partial charge in [-0.15, -0.1) is 0 Å². The number of anilines is 1. The minimum atomic E-state index is 0.273. The number of hydrogen-bond acceptors (Lipinski definition) is 4. The lowest BCUT2D eigenvalue weighted by atomic mass is 10.1. The van der Waals surface area contributed by atoms with Crippen LogP contribution in [0.5, 0.6) is 0 Å². The van der Waals surface area contributed by atoms with Crippen LogP contribution in [-0.2, 0) is 4.74 Å². The third-order valence-electron chi connectivity index (χ3n) is 3.73. The summed E-state index contributed by atoms with van der Waals surface area (Å²) in [6, 6.07) is 6.84. The molecule has 2 aromatic rings. The van der Waals surface area contributed by atoms with E-state index < -0.39 is 0 Å². The molecule has 1 saturated heterocycles. The van der Waals surface area contributed by atoms with Crippen molar-refractivity contribution in [2.75, 3.05) is 31.1 Å². The van der Waals surface area contributed by atoms with Gasteiger partial charge in [0.2, 0.25) is 0 Å². The van der Waals surface area contributed by atoms with E-state index in [0.29, 0.717) is 6.04 Å². The van der Waals surface area contributed by atoms with E-state index in [-0.39, 0.29) is 6.10 Å². The molecule has 2 heterocycles. The molecular formula is C15H22N4O. The molecule has 0 radical (unpaired) electrons. The van der Waals surface area contributed by atoms with Gasteiger partial charge in [0.1, 0.15) is 0 Å². The lowest BCUT2D eigenvalue weighted by Crippen LogP contribution is -2.53. The number of aromatic amines is 1. The van der Waals surface area contributed by atoms with Gasteiger partial charge in [-0.05, 0) is 32.0 Å². The van der Waals surface area contributed by atoms with Crippen LogP contribution in [0.1, 0.15) is 13.8 Å². The van der Waals surface area contributed by atoms with Crippen LogP contribution in [0.25, 0.3) is 10.9 Å². The van der Waals surface area contributed by atoms with Crippen LogP contribution in [0.15, 0.2) is 24.4 Å². The molecule has 1 aliphatic heterocycles. The maximum absolute atomic E-state index is 5.81. The quantitative estimate of drug-likeness (QED) is 0.892. The zero-order valence-electron chi connectivity index (χ0n) is 12.1. The second kappa shape index (κ2) is 5.81. The summed E-state index contributed by atoms with van der Waals surface area (Å²) in [5.74, 6) is 0. The maximum Gasteiger partial charge on any atom is 0.0685 e. The van der Waals surface area contributed by atoms with E-state index in [1.165, 1.54) is 5.69 Å². The van der Waals surface area contributed by atoms with E-state index >= 15 is 0 Å². The summed E-state index contributed by atoms with van der Waals surface area (Å²) < 4.78 is 5.81. The Kier molecular flexibility index (Phi) is 3.89. The standard InChI is InChI=1S/C15H22N4O/c1-11(2)20-10-14-9-16-5-6-19(14)13-3-4-15-12(7-13)8-17-18-15/h3-4,7-8,11,14,16H,5-6,9-10H2,1-2H3,(H,17,18). The zero-order chi connectivity index (χ0) is 13.9. The zero-order valence-corrected chi connectivity index (χ0v) is 12.1. The van der Waals surface area contributed by atoms with Crippen molar-refractivity contribution in [2.45, 2.75) is 26.0 Å². The largest absolute Gasteiger partial charge is 0.377 e. The average molecular weight is 274 g/mol. The number of aromatic nitrogens is 2. The summed E-state index contributed by atoms with van der Waals surface area (Å²) in [7, 11) is 0. The lowest BCUT2D eigenvalue weighted by molar-refractivity contribution is 0.0646. The van der Waals surface area contributed by atoms with Crippen LogP contribution >= 0.6 is 0 Å². The molecule has 0 bridgehead atoms. The van der Waals surface area contributed by atoms with Gasteiger partial charge >= 0.3 is 0 Å². The smallest absolute Gasteiger partial charge is 0.0685 e. The first-order chi connectivity index (χ1) is 9.74. The summed E-state index contributed by atoms with van der Waals surface area (Å²) in [6.45, 7) is 7.91. The van der Waals surface area contributed by atoms with Gasteiger partial charge in [0.15, 0.2) is 0 Å². The first kappa shape index (κ1) is 13.4. The number of nitrogens with one attached hydrogen (secondary N) is 2. The van der Waals surface area contributed by atoms with Gasteiger partial charge in [0.05, 0.1) is 30.5 Å². The summed E-state index contributed by atoms with van der Waals surface area (Å²) in [4.78, 5) is 2.44. The molecule has 0 aliphatic carbocycles. The van der Waals surface area contributed by atoms with Gasteiger partial charge in [-0.25, -0.2) is 0 Å². The fourth-order valence-corrected chi connectivity index (χ4v) is 2.66. The first-order valence-electron chi connectivity index (χ1n) is 7.26. The van der Waals surface area contributed by atoms with Crippen molar-refractivity contribution in [2.24, 2.45) is 0 Å². The molecule has 0 saturated carbocycles. The molecule has 1 atom stereocenters. The number of ether oxygens (including phenoxy) is 1. The Morgan fingerprint density at radius 2 is 2.35 bits per heavy atom. The third kappa shape index (κ3) is 2.78. The number of fused-ring (bicyclic) bond motifs is 1. The number of nitrogens with zero attached hydrogens (tertiary/aromatic N) is 2. The first-order valence-corrected chi connectivity index (χ1v) is 7.26. The van der Waals surface area contributed by atoms with Crippen LogP contribution in [0.4, 0.5) is 5.69 Å². The van der Waals surface area contributed by atoms with Crippen molar-refractivity contribution < 1.29 is 4.74 Å². The van der Waals surface area contributed by atoms with Crippen molar-refractivity contribution in [3.05, 3.63) is 24.4 Å². The molecule has 0 amide bonds. The average Bonchev–Trinajstić information content (AvgIpc) is 2.92. The van der Waals surface area contributed by atoms with Crippen LogP contribution in [0, 0.1) is 0 Å². The highest BCUT2D eigenvalue weighted by Crippen LogP contribution is 2.23. The van der Waals surface area contributed by atoms with Gasteiger partial charge in [-0.1, -0.05) is 0 Å². The predicted molar refractivity (Wildman–Crippen MR) is 81.2 cm³/mol. The predicted octanol–water partition coefficient (Wildman–Crippen LogP) is 1.77. The van der Waals surface area contributed by atoms with E-state index in [2.05, 4.69) is 52.5 Å². The fraction of sp³-hybridized carbons (Fsp3) is 0.533. The van der Waals surface area contributed by atoms with E-state index in [1.807, 2.05) is 6.20 Å². The van der Waals surface area contributed by atoms with Crippen LogP contribution in [0.2, 0.25) is 0 Å². The molecule has 1 aromatic carbocycles. The SMILES string of the molecule is CC(C)OCC1CNCCN1c1ccc2[nH]ncc2c1. The van der Waals surface area contributed by atoms with E-state index in [0.717, 1.165) is 37.1 Å². The molecule has 5 nitrogen and oxygen atoms in total. The van der Waals surface area contributed by atoms with Crippen molar-refractivity contribution in [3.8, 4) is 0 Å². The van der Waals surface area contributed by atoms with Crippen molar-refractivity contribution in [3.63, 3.8) is 0 Å². The number of benzene rings is 1. The Labute approximate surface area is 119 Å². The molecule has 1 aromatic heterocycles. The Balaban J connectivity index is 1.80. The van der Waals surface area contributed by atoms with Crippen molar-refractivity contribution in [1.82, 2.24) is 15.5 Å². The molecule has 20 heavy (non-hydrogen) atoms. The number of rotatable bonds is 4. The minimum Gasteiger partial charge on any atom is -0.377 e. The van der Waals surface area contributed by atoms with Crippen molar-refractivity contribution >= 4 is 16.6 Å². The third-order valence-corrected chi connectivity index (χ3v) is 3.73. The topological polar surface area (TPSA) is 53.2 Å². The molecule has 2 N–H and O–H groups in total. The molecule has 108 valence electrons. The molecule has 5 heteroatoms. The highest BCUT2D eigenvalue weighted by Gasteiger charge is 2.23. The monoisotopic (exact) mass is 274 g/mol. The molecular weight excluding hydrogens is 252 g/mol. The lowest BCUT2D eigenvalue weighted by Gasteiger charge is -2.38. The van der Waals surface area contributed by atoms with Crippen molar-refractivity contribution in [1.29, 1.82) is 0 Å². The number of hydrogen-bond donors (Lipinski definition) is 2. The summed E-state index contributed by atoms with van der Waals surface area (Å²) in [5, 5.41) is 11.7. The Bertz CT molecular complexity index is 566. The summed E-state index contributed by atoms with van der Waals surface area (Å²) in [6.07, 6.45) is 2.15. The summed E-state index contributed by atoms with van der Waals surface area (Å²) >= 11 is 0. The molecule has 0 spiro atoms. The minimum absolute atomic E-state index is 0.273. The second-order valence-electron chi connectivity index (χ2n) is 5.57. The van der Waals surface area contributed by atoms with Gasteiger partial charge in [0, 0.05) is 30.7 Å². The Hall–Kier alpha value is -1.59. The van der Waals surface area contributed by atoms with Crippen LogP contribution in [-0.4, -0.2) is 48.6 Å². The Morgan fingerprint density at radius 1 is 1.45 bits per heavy atom. The van der Waals surface area contributed by atoms with Gasteiger partial charge in [0.25, 0.3) is 0 Å². The fourth-order valence-electron chi connectivity index (χ4n) is 2.66. The number of H-pyrrole nitrogens is 1. The second-order valence-corrected chi connectivity index (χ2v) is 5.57. The van der Waals surface area contributed by atoms with Gasteiger partial charge < -0.3 is 15.0 Å². The van der Waals surface area contributed by atoms with E-state index in [9.17, 15) is 0 Å². The molecule has 1 aliphatic rings. The van der Waals surface area contributed by atoms with Crippen LogP contribution < -0.4 is 10.2 Å². The van der Waals surface area contributed by atoms with E-state index in [1.54, 1.807) is 0 Å². The summed E-state index contributed by atoms with van der Waals surface area (Å²) in [5.41, 5.74) is 2.33. The normalized spacial score (nSPS) is 19.9. The highest BCUT2D eigenvalue weighted by molar-refractivity contribution is 5.82. The van der Waals surface area contributed by atoms with E-state index in [4.69, 9.17) is 4.74 Å². The molecule has 3 rings (SSSR count). The van der Waals surface area contributed by atoms with Crippen LogP contribution in [0.3, 0.4) is 0 Å².